The predicted molar refractivity (Wildman–Crippen MR) is 100 cm³/mol. The molecule has 1 aliphatic rings. The molecule has 2 aromatic rings. The van der Waals surface area contributed by atoms with E-state index in [-0.39, 0.29) is 24.3 Å². The second-order valence-corrected chi connectivity index (χ2v) is 6.66. The van der Waals surface area contributed by atoms with E-state index in [0.29, 0.717) is 11.3 Å². The van der Waals surface area contributed by atoms with Crippen LogP contribution in [0.2, 0.25) is 0 Å². The number of hydrazine groups is 1. The fraction of sp³-hybridized carbons (Fsp3) is 0.350. The molecule has 0 unspecified atom stereocenters. The van der Waals surface area contributed by atoms with E-state index in [1.54, 1.807) is 48.8 Å². The SMILES string of the molecule is NN(C(=O)Cc1ccc(C(=O)Nc2ccncc2)cc1)C1CCCCC1. The van der Waals surface area contributed by atoms with Crippen molar-refractivity contribution >= 4 is 17.5 Å². The van der Waals surface area contributed by atoms with Crippen LogP contribution in [0.25, 0.3) is 0 Å². The van der Waals surface area contributed by atoms with E-state index in [1.165, 1.54) is 11.4 Å². The van der Waals surface area contributed by atoms with Gasteiger partial charge in [0.15, 0.2) is 0 Å². The Morgan fingerprint density at radius 2 is 1.69 bits per heavy atom. The summed E-state index contributed by atoms with van der Waals surface area (Å²) in [5, 5.41) is 4.21. The van der Waals surface area contributed by atoms with Crippen molar-refractivity contribution < 1.29 is 9.59 Å². The van der Waals surface area contributed by atoms with Crippen molar-refractivity contribution in [1.82, 2.24) is 9.99 Å². The fourth-order valence-electron chi connectivity index (χ4n) is 3.24. The van der Waals surface area contributed by atoms with Gasteiger partial charge in [-0.25, -0.2) is 5.84 Å². The first-order valence-electron chi connectivity index (χ1n) is 9.00. The molecule has 3 rings (SSSR count). The van der Waals surface area contributed by atoms with Crippen LogP contribution in [0.4, 0.5) is 5.69 Å². The van der Waals surface area contributed by atoms with Gasteiger partial charge >= 0.3 is 0 Å². The number of benzene rings is 1. The molecule has 1 aromatic carbocycles. The first-order chi connectivity index (χ1) is 12.6. The van der Waals surface area contributed by atoms with Gasteiger partial charge in [0.1, 0.15) is 0 Å². The van der Waals surface area contributed by atoms with Crippen molar-refractivity contribution in [3.05, 3.63) is 59.9 Å². The van der Waals surface area contributed by atoms with Crippen LogP contribution in [-0.2, 0) is 11.2 Å². The highest BCUT2D eigenvalue weighted by Gasteiger charge is 2.22. The zero-order chi connectivity index (χ0) is 18.4. The number of aromatic nitrogens is 1. The minimum atomic E-state index is -0.197. The highest BCUT2D eigenvalue weighted by Crippen LogP contribution is 2.21. The van der Waals surface area contributed by atoms with Crippen molar-refractivity contribution in [2.45, 2.75) is 44.6 Å². The quantitative estimate of drug-likeness (QED) is 0.492. The lowest BCUT2D eigenvalue weighted by Gasteiger charge is -2.30. The second-order valence-electron chi connectivity index (χ2n) is 6.66. The summed E-state index contributed by atoms with van der Waals surface area (Å²) in [5.41, 5.74) is 2.08. The Morgan fingerprint density at radius 1 is 1.04 bits per heavy atom. The summed E-state index contributed by atoms with van der Waals surface area (Å²) in [6.07, 6.45) is 8.94. The molecule has 6 nitrogen and oxygen atoms in total. The standard InChI is InChI=1S/C20H24N4O2/c21-24(18-4-2-1-3-5-18)19(25)14-15-6-8-16(9-7-15)20(26)23-17-10-12-22-13-11-17/h6-13,18H,1-5,14,21H2,(H,22,23,26). The van der Waals surface area contributed by atoms with Crippen molar-refractivity contribution in [2.75, 3.05) is 5.32 Å². The molecule has 0 radical (unpaired) electrons. The number of anilines is 1. The smallest absolute Gasteiger partial charge is 0.255 e. The van der Waals surface area contributed by atoms with Gasteiger partial charge < -0.3 is 5.32 Å². The van der Waals surface area contributed by atoms with Crippen molar-refractivity contribution in [3.8, 4) is 0 Å². The Kier molecular flexibility index (Phi) is 5.96. The minimum Gasteiger partial charge on any atom is -0.322 e. The number of nitrogens with zero attached hydrogens (tertiary/aromatic N) is 2. The molecule has 0 spiro atoms. The topological polar surface area (TPSA) is 88.3 Å². The van der Waals surface area contributed by atoms with Crippen LogP contribution in [0.1, 0.15) is 48.0 Å². The van der Waals surface area contributed by atoms with Gasteiger partial charge in [-0.15, -0.1) is 0 Å². The molecule has 136 valence electrons. The Balaban J connectivity index is 1.56. The van der Waals surface area contributed by atoms with E-state index < -0.39 is 0 Å². The van der Waals surface area contributed by atoms with Crippen molar-refractivity contribution in [3.63, 3.8) is 0 Å². The monoisotopic (exact) mass is 352 g/mol. The van der Waals surface area contributed by atoms with Crippen LogP contribution in [-0.4, -0.2) is 27.8 Å². The molecule has 0 aliphatic heterocycles. The summed E-state index contributed by atoms with van der Waals surface area (Å²) in [6, 6.07) is 10.7. The van der Waals surface area contributed by atoms with Gasteiger partial charge in [-0.1, -0.05) is 31.4 Å². The van der Waals surface area contributed by atoms with E-state index in [0.717, 1.165) is 31.2 Å². The Bertz CT molecular complexity index is 740. The molecule has 26 heavy (non-hydrogen) atoms. The zero-order valence-corrected chi connectivity index (χ0v) is 14.7. The highest BCUT2D eigenvalue weighted by molar-refractivity contribution is 6.04. The van der Waals surface area contributed by atoms with Crippen LogP contribution >= 0.6 is 0 Å². The summed E-state index contributed by atoms with van der Waals surface area (Å²) in [7, 11) is 0. The van der Waals surface area contributed by atoms with Crippen LogP contribution in [0.5, 0.6) is 0 Å². The first kappa shape index (κ1) is 18.1. The third-order valence-electron chi connectivity index (χ3n) is 4.77. The molecular weight excluding hydrogens is 328 g/mol. The number of carbonyl (C=O) groups excluding carboxylic acids is 2. The number of amides is 2. The van der Waals surface area contributed by atoms with Crippen LogP contribution in [0.3, 0.4) is 0 Å². The van der Waals surface area contributed by atoms with Gasteiger partial charge in [0.2, 0.25) is 5.91 Å². The van der Waals surface area contributed by atoms with E-state index in [1.807, 2.05) is 0 Å². The van der Waals surface area contributed by atoms with E-state index in [9.17, 15) is 9.59 Å². The molecule has 1 saturated carbocycles. The normalized spacial score (nSPS) is 14.7. The average molecular weight is 352 g/mol. The second kappa shape index (κ2) is 8.58. The van der Waals surface area contributed by atoms with Crippen LogP contribution in [0, 0.1) is 0 Å². The average Bonchev–Trinajstić information content (AvgIpc) is 2.69. The van der Waals surface area contributed by atoms with Gasteiger partial charge in [0.25, 0.3) is 5.91 Å². The summed E-state index contributed by atoms with van der Waals surface area (Å²) < 4.78 is 0. The summed E-state index contributed by atoms with van der Waals surface area (Å²) in [5.74, 6) is 5.74. The number of hydrogen-bond acceptors (Lipinski definition) is 4. The highest BCUT2D eigenvalue weighted by atomic mass is 16.2. The van der Waals surface area contributed by atoms with E-state index in [4.69, 9.17) is 5.84 Å². The van der Waals surface area contributed by atoms with Gasteiger partial charge in [0.05, 0.1) is 6.42 Å². The molecular formula is C20H24N4O2. The molecule has 0 saturated heterocycles. The maximum atomic E-state index is 12.4. The molecule has 3 N–H and O–H groups in total. The lowest BCUT2D eigenvalue weighted by Crippen LogP contribution is -2.47. The molecule has 1 aliphatic carbocycles. The number of carbonyl (C=O) groups is 2. The molecule has 6 heteroatoms. The van der Waals surface area contributed by atoms with Crippen molar-refractivity contribution in [2.24, 2.45) is 5.84 Å². The lowest BCUT2D eigenvalue weighted by atomic mass is 9.95. The maximum Gasteiger partial charge on any atom is 0.255 e. The van der Waals surface area contributed by atoms with Gasteiger partial charge in [0, 0.05) is 29.7 Å². The lowest BCUT2D eigenvalue weighted by molar-refractivity contribution is -0.133. The summed E-state index contributed by atoms with van der Waals surface area (Å²) >= 11 is 0. The minimum absolute atomic E-state index is 0.0779. The maximum absolute atomic E-state index is 12.4. The number of nitrogens with two attached hydrogens (primary N) is 1. The van der Waals surface area contributed by atoms with Gasteiger partial charge in [-0.2, -0.15) is 0 Å². The van der Waals surface area contributed by atoms with E-state index >= 15 is 0 Å². The van der Waals surface area contributed by atoms with Crippen LogP contribution in [0.15, 0.2) is 48.8 Å². The molecule has 2 amide bonds. The van der Waals surface area contributed by atoms with E-state index in [2.05, 4.69) is 10.3 Å². The molecule has 0 atom stereocenters. The molecule has 1 fully saturated rings. The number of nitrogens with one attached hydrogen (secondary N) is 1. The first-order valence-corrected chi connectivity index (χ1v) is 9.00. The third-order valence-corrected chi connectivity index (χ3v) is 4.77. The largest absolute Gasteiger partial charge is 0.322 e. The fourth-order valence-corrected chi connectivity index (χ4v) is 3.24. The summed E-state index contributed by atoms with van der Waals surface area (Å²) in [4.78, 5) is 28.5. The van der Waals surface area contributed by atoms with Gasteiger partial charge in [-0.05, 0) is 42.7 Å². The Morgan fingerprint density at radius 3 is 2.35 bits per heavy atom. The third kappa shape index (κ3) is 4.67. The van der Waals surface area contributed by atoms with Crippen LogP contribution < -0.4 is 11.2 Å². The number of pyridine rings is 1. The van der Waals surface area contributed by atoms with Crippen molar-refractivity contribution in [1.29, 1.82) is 0 Å². The molecule has 0 bridgehead atoms. The Labute approximate surface area is 153 Å². The zero-order valence-electron chi connectivity index (χ0n) is 14.7. The Hall–Kier alpha value is -2.73. The molecule has 1 heterocycles. The number of rotatable bonds is 5. The summed E-state index contributed by atoms with van der Waals surface area (Å²) in [6.45, 7) is 0. The molecule has 1 aromatic heterocycles. The van der Waals surface area contributed by atoms with Gasteiger partial charge in [-0.3, -0.25) is 19.6 Å². The predicted octanol–water partition coefficient (Wildman–Crippen LogP) is 2.91. The number of hydrogen-bond donors (Lipinski definition) is 2.